The fourth-order valence-electron chi connectivity index (χ4n) is 1.92. The quantitative estimate of drug-likeness (QED) is 0.886. The summed E-state index contributed by atoms with van der Waals surface area (Å²) >= 11 is 0. The van der Waals surface area contributed by atoms with Crippen LogP contribution in [0.25, 0.3) is 0 Å². The van der Waals surface area contributed by atoms with Gasteiger partial charge in [-0.15, -0.1) is 0 Å². The van der Waals surface area contributed by atoms with Crippen molar-refractivity contribution in [3.8, 4) is 0 Å². The molecule has 0 radical (unpaired) electrons. The van der Waals surface area contributed by atoms with Gasteiger partial charge in [-0.1, -0.05) is 18.2 Å². The molecule has 0 bridgehead atoms. The summed E-state index contributed by atoms with van der Waals surface area (Å²) in [5.41, 5.74) is 1.67. The number of anilines is 1. The molecule has 1 N–H and O–H groups in total. The van der Waals surface area contributed by atoms with Crippen molar-refractivity contribution in [2.24, 2.45) is 0 Å². The number of rotatable bonds is 5. The van der Waals surface area contributed by atoms with E-state index in [9.17, 15) is 13.2 Å². The number of nitrogens with zero attached hydrogens (tertiary/aromatic N) is 1. The Kier molecular flexibility index (Phi) is 3.91. The Morgan fingerprint density at radius 3 is 2.53 bits per heavy atom. The molecule has 0 aromatic heterocycles. The fourth-order valence-corrected chi connectivity index (χ4v) is 3.03. The average Bonchev–Trinajstić information content (AvgIpc) is 3.11. The number of aryl methyl sites for hydroxylation is 1. The Labute approximate surface area is 113 Å². The van der Waals surface area contributed by atoms with E-state index in [0.717, 1.165) is 30.3 Å². The van der Waals surface area contributed by atoms with Crippen LogP contribution < -0.4 is 5.32 Å². The van der Waals surface area contributed by atoms with Gasteiger partial charge in [0, 0.05) is 11.7 Å². The van der Waals surface area contributed by atoms with Gasteiger partial charge in [0.15, 0.2) is 0 Å². The van der Waals surface area contributed by atoms with Gasteiger partial charge in [0.2, 0.25) is 15.9 Å². The summed E-state index contributed by atoms with van der Waals surface area (Å²) in [5.74, 6) is -0.299. The molecule has 104 valence electrons. The first-order valence-corrected chi connectivity index (χ1v) is 8.05. The lowest BCUT2D eigenvalue weighted by Gasteiger charge is -2.19. The van der Waals surface area contributed by atoms with Crippen LogP contribution in [-0.4, -0.2) is 37.5 Å². The number of carbonyl (C=O) groups excluding carboxylic acids is 1. The van der Waals surface area contributed by atoms with E-state index < -0.39 is 10.0 Å². The molecule has 0 saturated heterocycles. The highest BCUT2D eigenvalue weighted by Gasteiger charge is 2.36. The van der Waals surface area contributed by atoms with Crippen molar-refractivity contribution in [2.45, 2.75) is 25.8 Å². The SMILES string of the molecule is Cc1ccccc1NC(=O)CN(C1CC1)S(C)(=O)=O. The molecule has 0 spiro atoms. The van der Waals surface area contributed by atoms with E-state index in [1.807, 2.05) is 25.1 Å². The number of amides is 1. The highest BCUT2D eigenvalue weighted by molar-refractivity contribution is 7.88. The zero-order valence-electron chi connectivity index (χ0n) is 11.1. The molecule has 1 saturated carbocycles. The van der Waals surface area contributed by atoms with Crippen molar-refractivity contribution in [1.29, 1.82) is 0 Å². The second kappa shape index (κ2) is 5.30. The minimum absolute atomic E-state index is 0.00220. The summed E-state index contributed by atoms with van der Waals surface area (Å²) in [6, 6.07) is 7.41. The molecule has 19 heavy (non-hydrogen) atoms. The number of sulfonamides is 1. The molecule has 1 aliphatic carbocycles. The van der Waals surface area contributed by atoms with E-state index in [1.54, 1.807) is 6.07 Å². The Bertz CT molecular complexity index is 579. The summed E-state index contributed by atoms with van der Waals surface area (Å²) in [4.78, 5) is 11.9. The monoisotopic (exact) mass is 282 g/mol. The Morgan fingerprint density at radius 2 is 2.00 bits per heavy atom. The van der Waals surface area contributed by atoms with Gasteiger partial charge in [-0.2, -0.15) is 4.31 Å². The second-order valence-corrected chi connectivity index (χ2v) is 6.84. The predicted octanol–water partition coefficient (Wildman–Crippen LogP) is 1.36. The average molecular weight is 282 g/mol. The molecule has 0 heterocycles. The molecule has 0 aliphatic heterocycles. The molecule has 0 atom stereocenters. The number of carbonyl (C=O) groups is 1. The van der Waals surface area contributed by atoms with Gasteiger partial charge in [0.05, 0.1) is 12.8 Å². The first-order chi connectivity index (χ1) is 8.88. The van der Waals surface area contributed by atoms with Crippen molar-refractivity contribution >= 4 is 21.6 Å². The maximum Gasteiger partial charge on any atom is 0.239 e. The Morgan fingerprint density at radius 1 is 1.37 bits per heavy atom. The van der Waals surface area contributed by atoms with E-state index in [0.29, 0.717) is 0 Å². The van der Waals surface area contributed by atoms with Gasteiger partial charge in [0.25, 0.3) is 0 Å². The lowest BCUT2D eigenvalue weighted by molar-refractivity contribution is -0.116. The molecule has 1 aliphatic rings. The van der Waals surface area contributed by atoms with Crippen LogP contribution in [0.1, 0.15) is 18.4 Å². The third kappa shape index (κ3) is 3.78. The zero-order chi connectivity index (χ0) is 14.0. The van der Waals surface area contributed by atoms with Crippen LogP contribution in [0.3, 0.4) is 0 Å². The molecule has 1 fully saturated rings. The van der Waals surface area contributed by atoms with Crippen LogP contribution in [0.5, 0.6) is 0 Å². The molecule has 6 heteroatoms. The lowest BCUT2D eigenvalue weighted by Crippen LogP contribution is -2.38. The summed E-state index contributed by atoms with van der Waals surface area (Å²) in [5, 5.41) is 2.75. The maximum atomic E-state index is 11.9. The minimum Gasteiger partial charge on any atom is -0.325 e. The van der Waals surface area contributed by atoms with Crippen LogP contribution in [-0.2, 0) is 14.8 Å². The van der Waals surface area contributed by atoms with Crippen molar-refractivity contribution in [1.82, 2.24) is 4.31 Å². The minimum atomic E-state index is -3.33. The van der Waals surface area contributed by atoms with Crippen LogP contribution >= 0.6 is 0 Å². The number of benzene rings is 1. The third-order valence-electron chi connectivity index (χ3n) is 3.10. The van der Waals surface area contributed by atoms with Gasteiger partial charge in [-0.05, 0) is 31.4 Å². The van der Waals surface area contributed by atoms with Crippen LogP contribution in [0.2, 0.25) is 0 Å². The molecular weight excluding hydrogens is 264 g/mol. The lowest BCUT2D eigenvalue weighted by atomic mass is 10.2. The first-order valence-electron chi connectivity index (χ1n) is 6.20. The van der Waals surface area contributed by atoms with E-state index in [2.05, 4.69) is 5.32 Å². The van der Waals surface area contributed by atoms with Crippen molar-refractivity contribution in [3.63, 3.8) is 0 Å². The van der Waals surface area contributed by atoms with Gasteiger partial charge in [-0.25, -0.2) is 8.42 Å². The third-order valence-corrected chi connectivity index (χ3v) is 4.38. The molecule has 1 amide bonds. The Balaban J connectivity index is 2.03. The topological polar surface area (TPSA) is 66.5 Å². The van der Waals surface area contributed by atoms with E-state index >= 15 is 0 Å². The van der Waals surface area contributed by atoms with E-state index in [4.69, 9.17) is 0 Å². The van der Waals surface area contributed by atoms with Crippen molar-refractivity contribution < 1.29 is 13.2 Å². The van der Waals surface area contributed by atoms with Gasteiger partial charge >= 0.3 is 0 Å². The summed E-state index contributed by atoms with van der Waals surface area (Å²) in [7, 11) is -3.33. The van der Waals surface area contributed by atoms with Crippen LogP contribution in [0.4, 0.5) is 5.69 Å². The second-order valence-electron chi connectivity index (χ2n) is 4.90. The zero-order valence-corrected chi connectivity index (χ0v) is 11.9. The summed E-state index contributed by atoms with van der Waals surface area (Å²) < 4.78 is 24.5. The number of hydrogen-bond donors (Lipinski definition) is 1. The molecule has 2 rings (SSSR count). The molecule has 0 unspecified atom stereocenters. The summed E-state index contributed by atoms with van der Waals surface area (Å²) in [6.07, 6.45) is 2.82. The van der Waals surface area contributed by atoms with Crippen molar-refractivity contribution in [3.05, 3.63) is 29.8 Å². The number of para-hydroxylation sites is 1. The first kappa shape index (κ1) is 14.0. The highest BCUT2D eigenvalue weighted by atomic mass is 32.2. The largest absolute Gasteiger partial charge is 0.325 e. The van der Waals surface area contributed by atoms with Crippen molar-refractivity contribution in [2.75, 3.05) is 18.1 Å². The predicted molar refractivity (Wildman–Crippen MR) is 74.4 cm³/mol. The molecular formula is C13H18N2O3S. The normalized spacial score (nSPS) is 15.5. The fraction of sp³-hybridized carbons (Fsp3) is 0.462. The van der Waals surface area contributed by atoms with Crippen LogP contribution in [0, 0.1) is 6.92 Å². The van der Waals surface area contributed by atoms with Gasteiger partial charge in [-0.3, -0.25) is 4.79 Å². The maximum absolute atomic E-state index is 11.9. The molecule has 1 aromatic rings. The molecule has 1 aromatic carbocycles. The Hall–Kier alpha value is -1.40. The summed E-state index contributed by atoms with van der Waals surface area (Å²) in [6.45, 7) is 1.78. The number of nitrogens with one attached hydrogen (secondary N) is 1. The van der Waals surface area contributed by atoms with Gasteiger partial charge in [0.1, 0.15) is 0 Å². The van der Waals surface area contributed by atoms with E-state index in [-0.39, 0.29) is 18.5 Å². The highest BCUT2D eigenvalue weighted by Crippen LogP contribution is 2.28. The molecule has 5 nitrogen and oxygen atoms in total. The van der Waals surface area contributed by atoms with Gasteiger partial charge < -0.3 is 5.32 Å². The number of hydrogen-bond acceptors (Lipinski definition) is 3. The standard InChI is InChI=1S/C13H18N2O3S/c1-10-5-3-4-6-12(10)14-13(16)9-15(11-7-8-11)19(2,17)18/h3-6,11H,7-9H2,1-2H3,(H,14,16). The van der Waals surface area contributed by atoms with E-state index in [1.165, 1.54) is 4.31 Å². The van der Waals surface area contributed by atoms with Crippen LogP contribution in [0.15, 0.2) is 24.3 Å². The smallest absolute Gasteiger partial charge is 0.239 e.